The van der Waals surface area contributed by atoms with Crippen LogP contribution in [0.1, 0.15) is 36.5 Å². The third-order valence-electron chi connectivity index (χ3n) is 4.42. The number of amides is 1. The van der Waals surface area contributed by atoms with Crippen molar-refractivity contribution in [1.29, 1.82) is 0 Å². The number of halogens is 1. The smallest absolute Gasteiger partial charge is 0.223 e. The number of benzene rings is 1. The number of hydrogen-bond acceptors (Lipinski definition) is 2. The lowest BCUT2D eigenvalue weighted by atomic mass is 10.0. The van der Waals surface area contributed by atoms with Crippen LogP contribution >= 0.6 is 12.4 Å². The van der Waals surface area contributed by atoms with Crippen LogP contribution in [0, 0.1) is 19.8 Å². The Bertz CT molecular complexity index is 490. The van der Waals surface area contributed by atoms with Gasteiger partial charge in [-0.3, -0.25) is 4.79 Å². The molecule has 1 heterocycles. The van der Waals surface area contributed by atoms with Gasteiger partial charge in [0, 0.05) is 19.0 Å². The van der Waals surface area contributed by atoms with Gasteiger partial charge in [-0.05, 0) is 57.2 Å². The zero-order valence-corrected chi connectivity index (χ0v) is 14.1. The monoisotopic (exact) mass is 310 g/mol. The van der Waals surface area contributed by atoms with Crippen LogP contribution in [0.2, 0.25) is 0 Å². The number of hydrogen-bond donors (Lipinski definition) is 1. The van der Waals surface area contributed by atoms with E-state index in [9.17, 15) is 4.79 Å². The third-order valence-corrected chi connectivity index (χ3v) is 4.42. The summed E-state index contributed by atoms with van der Waals surface area (Å²) in [6, 6.07) is 6.79. The van der Waals surface area contributed by atoms with Gasteiger partial charge in [0.15, 0.2) is 0 Å². The Morgan fingerprint density at radius 1 is 1.38 bits per heavy atom. The highest BCUT2D eigenvalue weighted by Crippen LogP contribution is 2.23. The first-order valence-electron chi connectivity index (χ1n) is 7.57. The molecule has 2 N–H and O–H groups in total. The molecule has 2 atom stereocenters. The standard InChI is InChI=1S/C17H26N2O.ClH/c1-12-4-5-16(13(2)8-12)6-7-17(20)19-11-15(10-18)9-14(19)3;/h4-5,8,14-15H,6-7,9-11,18H2,1-3H3;1H. The zero-order chi connectivity index (χ0) is 14.7. The van der Waals surface area contributed by atoms with Crippen molar-refractivity contribution in [2.24, 2.45) is 11.7 Å². The zero-order valence-electron chi connectivity index (χ0n) is 13.3. The van der Waals surface area contributed by atoms with Crippen LogP contribution in [-0.2, 0) is 11.2 Å². The molecule has 3 nitrogen and oxygen atoms in total. The van der Waals surface area contributed by atoms with Crippen LogP contribution < -0.4 is 5.73 Å². The highest BCUT2D eigenvalue weighted by atomic mass is 35.5. The normalized spacial score (nSPS) is 21.2. The van der Waals surface area contributed by atoms with Crippen molar-refractivity contribution in [2.75, 3.05) is 13.1 Å². The fourth-order valence-electron chi connectivity index (χ4n) is 3.17. The lowest BCUT2D eigenvalue weighted by molar-refractivity contribution is -0.131. The molecule has 0 aromatic heterocycles. The maximum absolute atomic E-state index is 12.4. The molecule has 1 aliphatic rings. The maximum atomic E-state index is 12.4. The molecule has 1 aromatic carbocycles. The molecule has 118 valence electrons. The van der Waals surface area contributed by atoms with E-state index in [2.05, 4.69) is 39.0 Å². The molecule has 0 spiro atoms. The summed E-state index contributed by atoms with van der Waals surface area (Å²) >= 11 is 0. The van der Waals surface area contributed by atoms with Crippen molar-refractivity contribution in [3.8, 4) is 0 Å². The van der Waals surface area contributed by atoms with Gasteiger partial charge in [0.2, 0.25) is 5.91 Å². The Hall–Kier alpha value is -1.06. The number of carbonyl (C=O) groups excluding carboxylic acids is 1. The highest BCUT2D eigenvalue weighted by Gasteiger charge is 2.31. The first kappa shape index (κ1) is 18.0. The summed E-state index contributed by atoms with van der Waals surface area (Å²) in [6.07, 6.45) is 2.48. The van der Waals surface area contributed by atoms with Gasteiger partial charge in [-0.25, -0.2) is 0 Å². The minimum absolute atomic E-state index is 0. The first-order chi connectivity index (χ1) is 9.51. The van der Waals surface area contributed by atoms with Crippen LogP contribution in [0.25, 0.3) is 0 Å². The number of nitrogens with two attached hydrogens (primary N) is 1. The molecule has 1 amide bonds. The quantitative estimate of drug-likeness (QED) is 0.929. The molecule has 2 rings (SSSR count). The van der Waals surface area contributed by atoms with E-state index in [1.54, 1.807) is 0 Å². The Balaban J connectivity index is 0.00000220. The molecule has 1 aromatic rings. The van der Waals surface area contributed by atoms with Gasteiger partial charge >= 0.3 is 0 Å². The second-order valence-corrected chi connectivity index (χ2v) is 6.16. The van der Waals surface area contributed by atoms with E-state index in [1.807, 2.05) is 4.90 Å². The Labute approximate surface area is 134 Å². The summed E-state index contributed by atoms with van der Waals surface area (Å²) in [4.78, 5) is 14.4. The summed E-state index contributed by atoms with van der Waals surface area (Å²) < 4.78 is 0. The molecule has 1 fully saturated rings. The van der Waals surface area contributed by atoms with Gasteiger partial charge in [0.25, 0.3) is 0 Å². The number of nitrogens with zero attached hydrogens (tertiary/aromatic N) is 1. The van der Waals surface area contributed by atoms with Crippen LogP contribution in [-0.4, -0.2) is 29.9 Å². The van der Waals surface area contributed by atoms with Gasteiger partial charge in [0.1, 0.15) is 0 Å². The van der Waals surface area contributed by atoms with Crippen LogP contribution in [0.5, 0.6) is 0 Å². The third kappa shape index (κ3) is 4.45. The van der Waals surface area contributed by atoms with Crippen molar-refractivity contribution in [3.63, 3.8) is 0 Å². The topological polar surface area (TPSA) is 46.3 Å². The molecule has 0 bridgehead atoms. The van der Waals surface area contributed by atoms with Gasteiger partial charge in [-0.2, -0.15) is 0 Å². The van der Waals surface area contributed by atoms with E-state index < -0.39 is 0 Å². The van der Waals surface area contributed by atoms with Gasteiger partial charge < -0.3 is 10.6 Å². The van der Waals surface area contributed by atoms with E-state index in [0.717, 1.165) is 19.4 Å². The predicted molar refractivity (Wildman–Crippen MR) is 89.8 cm³/mol. The fourth-order valence-corrected chi connectivity index (χ4v) is 3.17. The second-order valence-electron chi connectivity index (χ2n) is 6.16. The van der Waals surface area contributed by atoms with E-state index in [4.69, 9.17) is 5.73 Å². The van der Waals surface area contributed by atoms with Crippen LogP contribution in [0.4, 0.5) is 0 Å². The lowest BCUT2D eigenvalue weighted by Crippen LogP contribution is -2.34. The number of aryl methyl sites for hydroxylation is 3. The van der Waals surface area contributed by atoms with Crippen molar-refractivity contribution in [3.05, 3.63) is 34.9 Å². The van der Waals surface area contributed by atoms with E-state index >= 15 is 0 Å². The molecule has 1 aliphatic heterocycles. The maximum Gasteiger partial charge on any atom is 0.223 e. The molecule has 1 saturated heterocycles. The van der Waals surface area contributed by atoms with Gasteiger partial charge in [-0.15, -0.1) is 12.4 Å². The molecular weight excluding hydrogens is 284 g/mol. The number of rotatable bonds is 4. The molecule has 2 unspecified atom stereocenters. The minimum atomic E-state index is 0. The summed E-state index contributed by atoms with van der Waals surface area (Å²) in [6.45, 7) is 7.87. The summed E-state index contributed by atoms with van der Waals surface area (Å²) in [7, 11) is 0. The van der Waals surface area contributed by atoms with Crippen LogP contribution in [0.15, 0.2) is 18.2 Å². The average molecular weight is 311 g/mol. The van der Waals surface area contributed by atoms with E-state index in [1.165, 1.54) is 16.7 Å². The summed E-state index contributed by atoms with van der Waals surface area (Å²) in [5, 5.41) is 0. The van der Waals surface area contributed by atoms with E-state index in [0.29, 0.717) is 24.9 Å². The van der Waals surface area contributed by atoms with Crippen LogP contribution in [0.3, 0.4) is 0 Å². The molecule has 21 heavy (non-hydrogen) atoms. The first-order valence-corrected chi connectivity index (χ1v) is 7.57. The predicted octanol–water partition coefficient (Wildman–Crippen LogP) is 2.85. The molecule has 0 radical (unpaired) electrons. The summed E-state index contributed by atoms with van der Waals surface area (Å²) in [5.41, 5.74) is 9.56. The molecular formula is C17H27ClN2O. The molecule has 4 heteroatoms. The van der Waals surface area contributed by atoms with Gasteiger partial charge in [-0.1, -0.05) is 23.8 Å². The van der Waals surface area contributed by atoms with E-state index in [-0.39, 0.29) is 18.3 Å². The minimum Gasteiger partial charge on any atom is -0.340 e. The van der Waals surface area contributed by atoms with Crippen molar-refractivity contribution in [2.45, 2.75) is 46.1 Å². The molecule has 0 saturated carbocycles. The van der Waals surface area contributed by atoms with Crippen molar-refractivity contribution < 1.29 is 4.79 Å². The Kier molecular flexibility index (Phi) is 6.69. The van der Waals surface area contributed by atoms with Crippen molar-refractivity contribution >= 4 is 18.3 Å². The van der Waals surface area contributed by atoms with Gasteiger partial charge in [0.05, 0.1) is 0 Å². The Morgan fingerprint density at radius 3 is 2.67 bits per heavy atom. The lowest BCUT2D eigenvalue weighted by Gasteiger charge is -2.21. The number of likely N-dealkylation sites (tertiary alicyclic amines) is 1. The van der Waals surface area contributed by atoms with Crippen molar-refractivity contribution in [1.82, 2.24) is 4.90 Å². The highest BCUT2D eigenvalue weighted by molar-refractivity contribution is 5.85. The molecule has 0 aliphatic carbocycles. The largest absolute Gasteiger partial charge is 0.340 e. The average Bonchev–Trinajstić information content (AvgIpc) is 2.79. The Morgan fingerprint density at radius 2 is 2.10 bits per heavy atom. The SMILES string of the molecule is Cc1ccc(CCC(=O)N2CC(CN)CC2C)c(C)c1.Cl. The number of carbonyl (C=O) groups is 1. The fraction of sp³-hybridized carbons (Fsp3) is 0.588. The summed E-state index contributed by atoms with van der Waals surface area (Å²) in [5.74, 6) is 0.753. The second kappa shape index (κ2) is 7.81.